The highest BCUT2D eigenvalue weighted by molar-refractivity contribution is 5.61. The summed E-state index contributed by atoms with van der Waals surface area (Å²) >= 11 is 0. The van der Waals surface area contributed by atoms with E-state index in [1.165, 1.54) is 12.7 Å². The molecular formula is C26H27F3N2O2. The molecule has 1 aliphatic rings. The van der Waals surface area contributed by atoms with E-state index in [2.05, 4.69) is 22.4 Å². The van der Waals surface area contributed by atoms with Gasteiger partial charge in [-0.1, -0.05) is 30.3 Å². The Bertz CT molecular complexity index is 1050. The van der Waals surface area contributed by atoms with Gasteiger partial charge in [0, 0.05) is 11.0 Å². The number of nitrogens with one attached hydrogen (secondary N) is 1. The number of aromatic nitrogens is 1. The first kappa shape index (κ1) is 23.3. The van der Waals surface area contributed by atoms with Gasteiger partial charge in [-0.2, -0.15) is 13.2 Å². The quantitative estimate of drug-likeness (QED) is 0.502. The molecule has 0 radical (unpaired) electrons. The van der Waals surface area contributed by atoms with E-state index in [4.69, 9.17) is 9.47 Å². The fourth-order valence-corrected chi connectivity index (χ4v) is 4.30. The Kier molecular flexibility index (Phi) is 7.00. The molecule has 4 nitrogen and oxygen atoms in total. The molecule has 4 rings (SSSR count). The van der Waals surface area contributed by atoms with Crippen LogP contribution in [-0.2, 0) is 22.9 Å². The third-order valence-corrected chi connectivity index (χ3v) is 6.17. The normalized spacial score (nSPS) is 15.9. The lowest BCUT2D eigenvalue weighted by Crippen LogP contribution is -2.43. The zero-order chi connectivity index (χ0) is 23.3. The molecule has 2 heterocycles. The standard InChI is InChI=1S/C26H27F3N2O2/c1-32-23-9-7-19(8-10-23)24-16-21(26(27,28)29)15-22(31-24)17-33-18-25(11-13-30-14-12-25)20-5-3-2-4-6-20/h2-10,15-16,30H,11-14,17-18H2,1H3. The average molecular weight is 457 g/mol. The molecule has 7 heteroatoms. The number of hydrogen-bond acceptors (Lipinski definition) is 4. The van der Waals surface area contributed by atoms with Crippen LogP contribution in [-0.4, -0.2) is 31.8 Å². The number of rotatable bonds is 7. The first-order valence-electron chi connectivity index (χ1n) is 11.0. The molecule has 1 saturated heterocycles. The summed E-state index contributed by atoms with van der Waals surface area (Å²) in [5.74, 6) is 0.627. The SMILES string of the molecule is COc1ccc(-c2cc(C(F)(F)F)cc(COCC3(c4ccccc4)CCNCC3)n2)cc1. The van der Waals surface area contributed by atoms with Crippen molar-refractivity contribution in [1.29, 1.82) is 0 Å². The maximum absolute atomic E-state index is 13.6. The molecule has 0 bridgehead atoms. The van der Waals surface area contributed by atoms with Crippen molar-refractivity contribution in [3.63, 3.8) is 0 Å². The van der Waals surface area contributed by atoms with Crippen molar-refractivity contribution < 1.29 is 22.6 Å². The van der Waals surface area contributed by atoms with E-state index in [1.807, 2.05) is 18.2 Å². The molecule has 1 aliphatic heterocycles. The van der Waals surface area contributed by atoms with Crippen molar-refractivity contribution in [2.24, 2.45) is 0 Å². The lowest BCUT2D eigenvalue weighted by molar-refractivity contribution is -0.137. The lowest BCUT2D eigenvalue weighted by atomic mass is 9.74. The van der Waals surface area contributed by atoms with Gasteiger partial charge in [0.25, 0.3) is 0 Å². The zero-order valence-corrected chi connectivity index (χ0v) is 18.5. The second kappa shape index (κ2) is 9.93. The highest BCUT2D eigenvalue weighted by Gasteiger charge is 2.35. The Morgan fingerprint density at radius 3 is 2.30 bits per heavy atom. The molecule has 0 unspecified atom stereocenters. The molecule has 174 valence electrons. The summed E-state index contributed by atoms with van der Waals surface area (Å²) in [6.07, 6.45) is -2.66. The van der Waals surface area contributed by atoms with Crippen LogP contribution in [0.25, 0.3) is 11.3 Å². The van der Waals surface area contributed by atoms with Crippen LogP contribution in [0.4, 0.5) is 13.2 Å². The van der Waals surface area contributed by atoms with Crippen LogP contribution in [0.5, 0.6) is 5.75 Å². The van der Waals surface area contributed by atoms with Gasteiger partial charge in [0.05, 0.1) is 37.3 Å². The molecule has 2 aromatic carbocycles. The minimum atomic E-state index is -4.47. The smallest absolute Gasteiger partial charge is 0.416 e. The molecule has 33 heavy (non-hydrogen) atoms. The Labute approximate surface area is 191 Å². The fraction of sp³-hybridized carbons (Fsp3) is 0.346. The van der Waals surface area contributed by atoms with Crippen LogP contribution in [0.1, 0.15) is 29.7 Å². The molecule has 0 atom stereocenters. The molecule has 0 aliphatic carbocycles. The van der Waals surface area contributed by atoms with Crippen LogP contribution in [0.2, 0.25) is 0 Å². The third kappa shape index (κ3) is 5.54. The van der Waals surface area contributed by atoms with Gasteiger partial charge in [0.1, 0.15) is 5.75 Å². The summed E-state index contributed by atoms with van der Waals surface area (Å²) in [4.78, 5) is 4.47. The lowest BCUT2D eigenvalue weighted by Gasteiger charge is -2.38. The Morgan fingerprint density at radius 1 is 0.970 bits per heavy atom. The van der Waals surface area contributed by atoms with E-state index >= 15 is 0 Å². The largest absolute Gasteiger partial charge is 0.497 e. The fourth-order valence-electron chi connectivity index (χ4n) is 4.30. The van der Waals surface area contributed by atoms with Gasteiger partial charge in [-0.15, -0.1) is 0 Å². The number of pyridine rings is 1. The predicted molar refractivity (Wildman–Crippen MR) is 121 cm³/mol. The summed E-state index contributed by atoms with van der Waals surface area (Å²) in [6.45, 7) is 2.19. The number of piperidine rings is 1. The predicted octanol–water partition coefficient (Wildman–Crippen LogP) is 5.61. The molecule has 1 aromatic heterocycles. The van der Waals surface area contributed by atoms with E-state index in [0.717, 1.165) is 38.1 Å². The van der Waals surface area contributed by atoms with Crippen LogP contribution >= 0.6 is 0 Å². The molecule has 0 spiro atoms. The molecule has 0 saturated carbocycles. The Hall–Kier alpha value is -2.90. The first-order chi connectivity index (χ1) is 15.9. The summed E-state index contributed by atoms with van der Waals surface area (Å²) in [5.41, 5.74) is 1.40. The second-order valence-corrected chi connectivity index (χ2v) is 8.35. The summed E-state index contributed by atoms with van der Waals surface area (Å²) in [7, 11) is 1.54. The van der Waals surface area contributed by atoms with Gasteiger partial charge < -0.3 is 14.8 Å². The van der Waals surface area contributed by atoms with Gasteiger partial charge in [-0.25, -0.2) is 0 Å². The maximum atomic E-state index is 13.6. The molecule has 1 fully saturated rings. The van der Waals surface area contributed by atoms with Gasteiger partial charge in [0.2, 0.25) is 0 Å². The molecule has 3 aromatic rings. The van der Waals surface area contributed by atoms with Gasteiger partial charge in [0.15, 0.2) is 0 Å². The van der Waals surface area contributed by atoms with E-state index in [0.29, 0.717) is 17.9 Å². The summed E-state index contributed by atoms with van der Waals surface area (Å²) < 4.78 is 51.9. The second-order valence-electron chi connectivity index (χ2n) is 8.35. The number of ether oxygens (including phenoxy) is 2. The zero-order valence-electron chi connectivity index (χ0n) is 18.5. The molecule has 0 amide bonds. The number of hydrogen-bond donors (Lipinski definition) is 1. The minimum absolute atomic E-state index is 0.00901. The monoisotopic (exact) mass is 456 g/mol. The molecular weight excluding hydrogens is 429 g/mol. The van der Waals surface area contributed by atoms with Crippen molar-refractivity contribution in [2.45, 2.75) is 31.0 Å². The summed E-state index contributed by atoms with van der Waals surface area (Å²) in [5, 5.41) is 3.37. The Balaban J connectivity index is 1.56. The average Bonchev–Trinajstić information content (AvgIpc) is 2.84. The number of nitrogens with zero attached hydrogens (tertiary/aromatic N) is 1. The van der Waals surface area contributed by atoms with Crippen LogP contribution < -0.4 is 10.1 Å². The first-order valence-corrected chi connectivity index (χ1v) is 11.0. The van der Waals surface area contributed by atoms with Gasteiger partial charge in [-0.3, -0.25) is 4.98 Å². The molecule has 1 N–H and O–H groups in total. The number of halogens is 3. The minimum Gasteiger partial charge on any atom is -0.497 e. The van der Waals surface area contributed by atoms with Crippen molar-refractivity contribution in [3.05, 3.63) is 83.6 Å². The topological polar surface area (TPSA) is 43.4 Å². The Morgan fingerprint density at radius 2 is 1.67 bits per heavy atom. The summed E-state index contributed by atoms with van der Waals surface area (Å²) in [6, 6.07) is 19.1. The number of methoxy groups -OCH3 is 1. The van der Waals surface area contributed by atoms with E-state index < -0.39 is 11.7 Å². The van der Waals surface area contributed by atoms with Crippen molar-refractivity contribution in [2.75, 3.05) is 26.8 Å². The van der Waals surface area contributed by atoms with Gasteiger partial charge in [-0.05, 0) is 67.9 Å². The van der Waals surface area contributed by atoms with E-state index in [9.17, 15) is 13.2 Å². The highest BCUT2D eigenvalue weighted by Crippen LogP contribution is 2.35. The highest BCUT2D eigenvalue weighted by atomic mass is 19.4. The maximum Gasteiger partial charge on any atom is 0.416 e. The van der Waals surface area contributed by atoms with E-state index in [-0.39, 0.29) is 23.4 Å². The van der Waals surface area contributed by atoms with Crippen molar-refractivity contribution in [3.8, 4) is 17.0 Å². The van der Waals surface area contributed by atoms with Crippen molar-refractivity contribution >= 4 is 0 Å². The number of benzene rings is 2. The third-order valence-electron chi connectivity index (χ3n) is 6.17. The van der Waals surface area contributed by atoms with Crippen LogP contribution in [0.15, 0.2) is 66.7 Å². The number of alkyl halides is 3. The van der Waals surface area contributed by atoms with Crippen molar-refractivity contribution in [1.82, 2.24) is 10.3 Å². The van der Waals surface area contributed by atoms with Crippen LogP contribution in [0, 0.1) is 0 Å². The van der Waals surface area contributed by atoms with Gasteiger partial charge >= 0.3 is 6.18 Å². The van der Waals surface area contributed by atoms with Crippen LogP contribution in [0.3, 0.4) is 0 Å². The van der Waals surface area contributed by atoms with E-state index in [1.54, 1.807) is 24.3 Å².